The highest BCUT2D eigenvalue weighted by atomic mass is 16.1. The predicted octanol–water partition coefficient (Wildman–Crippen LogP) is 1.52. The topological polar surface area (TPSA) is 37.6 Å². The zero-order chi connectivity index (χ0) is 11.0. The summed E-state index contributed by atoms with van der Waals surface area (Å²) in [5.41, 5.74) is 3.27. The van der Waals surface area contributed by atoms with Crippen molar-refractivity contribution in [3.63, 3.8) is 0 Å². The van der Waals surface area contributed by atoms with E-state index < -0.39 is 0 Å². The summed E-state index contributed by atoms with van der Waals surface area (Å²) in [7, 11) is 3.95. The maximum atomic E-state index is 10.8. The highest BCUT2D eigenvalue weighted by molar-refractivity contribution is 5.77. The summed E-state index contributed by atoms with van der Waals surface area (Å²) in [6.07, 6.45) is 2.71. The number of pyridine rings is 1. The van der Waals surface area contributed by atoms with Gasteiger partial charge in [0.15, 0.2) is 6.29 Å². The van der Waals surface area contributed by atoms with Crippen molar-refractivity contribution in [3.05, 3.63) is 29.7 Å². The molecule has 0 saturated carbocycles. The minimum absolute atomic E-state index is 0.621. The number of carbonyl (C=O) groups excluding carboxylic acids is 1. The zero-order valence-corrected chi connectivity index (χ0v) is 9.06. The molecule has 4 heteroatoms. The molecular formula is C11H13N3O. The average molecular weight is 203 g/mol. The molecule has 78 valence electrons. The van der Waals surface area contributed by atoms with Crippen LogP contribution in [0.1, 0.15) is 16.2 Å². The van der Waals surface area contributed by atoms with Crippen molar-refractivity contribution in [3.8, 4) is 0 Å². The second-order valence-corrected chi connectivity index (χ2v) is 3.71. The van der Waals surface area contributed by atoms with E-state index in [0.717, 1.165) is 23.3 Å². The second-order valence-electron chi connectivity index (χ2n) is 3.71. The molecule has 0 saturated heterocycles. The Morgan fingerprint density at radius 3 is 2.80 bits per heavy atom. The SMILES string of the molecule is Cc1nc2cc(N(C)C)ccn2c1C=O. The number of hydrogen-bond acceptors (Lipinski definition) is 3. The Balaban J connectivity index is 2.69. The normalized spacial score (nSPS) is 10.6. The molecule has 0 radical (unpaired) electrons. The number of fused-ring (bicyclic) bond motifs is 1. The van der Waals surface area contributed by atoms with E-state index in [1.165, 1.54) is 0 Å². The van der Waals surface area contributed by atoms with Gasteiger partial charge in [0.25, 0.3) is 0 Å². The molecule has 0 spiro atoms. The van der Waals surface area contributed by atoms with Gasteiger partial charge in [-0.1, -0.05) is 0 Å². The molecule has 2 aromatic rings. The molecule has 15 heavy (non-hydrogen) atoms. The van der Waals surface area contributed by atoms with Crippen molar-refractivity contribution in [2.45, 2.75) is 6.92 Å². The van der Waals surface area contributed by atoms with Crippen LogP contribution in [0, 0.1) is 6.92 Å². The Kier molecular flexibility index (Phi) is 2.19. The first-order valence-electron chi connectivity index (χ1n) is 4.74. The Morgan fingerprint density at radius 1 is 1.47 bits per heavy atom. The van der Waals surface area contributed by atoms with E-state index in [9.17, 15) is 4.79 Å². The molecule has 0 N–H and O–H groups in total. The lowest BCUT2D eigenvalue weighted by Crippen LogP contribution is -2.08. The molecule has 2 heterocycles. The third-order valence-electron chi connectivity index (χ3n) is 2.46. The lowest BCUT2D eigenvalue weighted by molar-refractivity contribution is 0.111. The molecular weight excluding hydrogens is 190 g/mol. The Bertz CT molecular complexity index is 514. The van der Waals surface area contributed by atoms with E-state index in [2.05, 4.69) is 4.98 Å². The number of aryl methyl sites for hydroxylation is 1. The lowest BCUT2D eigenvalue weighted by Gasteiger charge is -2.11. The van der Waals surface area contributed by atoms with Crippen molar-refractivity contribution >= 4 is 17.6 Å². The molecule has 0 aromatic carbocycles. The van der Waals surface area contributed by atoms with Crippen molar-refractivity contribution in [1.82, 2.24) is 9.38 Å². The minimum Gasteiger partial charge on any atom is -0.378 e. The Morgan fingerprint density at radius 2 is 2.20 bits per heavy atom. The lowest BCUT2D eigenvalue weighted by atomic mass is 10.3. The number of hydrogen-bond donors (Lipinski definition) is 0. The van der Waals surface area contributed by atoms with E-state index in [0.29, 0.717) is 5.69 Å². The van der Waals surface area contributed by atoms with Crippen LogP contribution in [0.5, 0.6) is 0 Å². The first kappa shape index (κ1) is 9.71. The summed E-state index contributed by atoms with van der Waals surface area (Å²) in [5.74, 6) is 0. The number of aromatic nitrogens is 2. The van der Waals surface area contributed by atoms with E-state index in [-0.39, 0.29) is 0 Å². The van der Waals surface area contributed by atoms with E-state index in [4.69, 9.17) is 0 Å². The van der Waals surface area contributed by atoms with Gasteiger partial charge in [-0.15, -0.1) is 0 Å². The van der Waals surface area contributed by atoms with Crippen LogP contribution in [0.2, 0.25) is 0 Å². The third kappa shape index (κ3) is 1.48. The van der Waals surface area contributed by atoms with Gasteiger partial charge in [0.1, 0.15) is 11.3 Å². The molecule has 0 fully saturated rings. The fourth-order valence-corrected chi connectivity index (χ4v) is 1.59. The van der Waals surface area contributed by atoms with Gasteiger partial charge < -0.3 is 4.90 Å². The Labute approximate surface area is 88.2 Å². The number of imidazole rings is 1. The molecule has 0 aliphatic rings. The van der Waals surface area contributed by atoms with Gasteiger partial charge in [-0.25, -0.2) is 4.98 Å². The van der Waals surface area contributed by atoms with Crippen LogP contribution in [0.3, 0.4) is 0 Å². The van der Waals surface area contributed by atoms with E-state index in [1.54, 1.807) is 4.40 Å². The van der Waals surface area contributed by atoms with Crippen LogP contribution >= 0.6 is 0 Å². The van der Waals surface area contributed by atoms with Gasteiger partial charge in [0, 0.05) is 32.0 Å². The van der Waals surface area contributed by atoms with Crippen molar-refractivity contribution in [1.29, 1.82) is 0 Å². The van der Waals surface area contributed by atoms with Crippen LogP contribution in [-0.4, -0.2) is 29.8 Å². The summed E-state index contributed by atoms with van der Waals surface area (Å²) in [5, 5.41) is 0. The van der Waals surface area contributed by atoms with Crippen LogP contribution in [0.4, 0.5) is 5.69 Å². The highest BCUT2D eigenvalue weighted by Crippen LogP contribution is 2.16. The van der Waals surface area contributed by atoms with Crippen LogP contribution in [-0.2, 0) is 0 Å². The van der Waals surface area contributed by atoms with Gasteiger partial charge in [-0.3, -0.25) is 9.20 Å². The van der Waals surface area contributed by atoms with Crippen molar-refractivity contribution < 1.29 is 4.79 Å². The van der Waals surface area contributed by atoms with Gasteiger partial charge >= 0.3 is 0 Å². The molecule has 2 rings (SSSR count). The fraction of sp³-hybridized carbons (Fsp3) is 0.273. The average Bonchev–Trinajstić information content (AvgIpc) is 2.51. The smallest absolute Gasteiger partial charge is 0.168 e. The summed E-state index contributed by atoms with van der Waals surface area (Å²) >= 11 is 0. The molecule has 0 aliphatic heterocycles. The molecule has 0 atom stereocenters. The van der Waals surface area contributed by atoms with Gasteiger partial charge in [-0.2, -0.15) is 0 Å². The summed E-state index contributed by atoms with van der Waals surface area (Å²) in [6.45, 7) is 1.84. The van der Waals surface area contributed by atoms with Gasteiger partial charge in [0.05, 0.1) is 5.69 Å². The van der Waals surface area contributed by atoms with Crippen LogP contribution in [0.25, 0.3) is 5.65 Å². The number of rotatable bonds is 2. The first-order chi connectivity index (χ1) is 7.13. The molecule has 0 bridgehead atoms. The molecule has 0 aliphatic carbocycles. The highest BCUT2D eigenvalue weighted by Gasteiger charge is 2.07. The van der Waals surface area contributed by atoms with Gasteiger partial charge in [0.2, 0.25) is 0 Å². The third-order valence-corrected chi connectivity index (χ3v) is 2.46. The monoisotopic (exact) mass is 203 g/mol. The first-order valence-corrected chi connectivity index (χ1v) is 4.74. The van der Waals surface area contributed by atoms with E-state index in [1.807, 2.05) is 44.2 Å². The molecule has 0 unspecified atom stereocenters. The maximum absolute atomic E-state index is 10.8. The molecule has 0 amide bonds. The molecule has 2 aromatic heterocycles. The summed E-state index contributed by atoms with van der Waals surface area (Å²) in [4.78, 5) is 17.2. The maximum Gasteiger partial charge on any atom is 0.168 e. The summed E-state index contributed by atoms with van der Waals surface area (Å²) in [6, 6.07) is 3.92. The quantitative estimate of drug-likeness (QED) is 0.694. The number of aldehydes is 1. The van der Waals surface area contributed by atoms with Gasteiger partial charge in [-0.05, 0) is 13.0 Å². The van der Waals surface area contributed by atoms with Crippen molar-refractivity contribution in [2.24, 2.45) is 0 Å². The molecule has 4 nitrogen and oxygen atoms in total. The standard InChI is InChI=1S/C11H13N3O/c1-8-10(7-15)14-5-4-9(13(2)3)6-11(14)12-8/h4-7H,1-3H3. The fourth-order valence-electron chi connectivity index (χ4n) is 1.59. The number of carbonyl (C=O) groups is 1. The Hall–Kier alpha value is -1.84. The second kappa shape index (κ2) is 3.38. The van der Waals surface area contributed by atoms with Crippen molar-refractivity contribution in [2.75, 3.05) is 19.0 Å². The summed E-state index contributed by atoms with van der Waals surface area (Å²) < 4.78 is 1.80. The van der Waals surface area contributed by atoms with Crippen LogP contribution < -0.4 is 4.90 Å². The number of nitrogens with zero attached hydrogens (tertiary/aromatic N) is 3. The number of anilines is 1. The largest absolute Gasteiger partial charge is 0.378 e. The van der Waals surface area contributed by atoms with E-state index >= 15 is 0 Å². The minimum atomic E-state index is 0.621. The predicted molar refractivity (Wildman–Crippen MR) is 59.6 cm³/mol. The zero-order valence-electron chi connectivity index (χ0n) is 9.06. The van der Waals surface area contributed by atoms with Crippen LogP contribution in [0.15, 0.2) is 18.3 Å².